The molecule has 0 saturated heterocycles. The van der Waals surface area contributed by atoms with Gasteiger partial charge in [0.25, 0.3) is 0 Å². The van der Waals surface area contributed by atoms with E-state index in [9.17, 15) is 4.39 Å². The Kier molecular flexibility index (Phi) is 4.37. The Hall–Kier alpha value is -0.640. The van der Waals surface area contributed by atoms with Crippen LogP contribution in [0.3, 0.4) is 0 Å². The summed E-state index contributed by atoms with van der Waals surface area (Å²) >= 11 is 6.05. The summed E-state index contributed by atoms with van der Waals surface area (Å²) in [4.78, 5) is 0. The molecule has 1 aromatic rings. The van der Waals surface area contributed by atoms with Crippen LogP contribution in [0.25, 0.3) is 0 Å². The van der Waals surface area contributed by atoms with Crippen LogP contribution in [0.2, 0.25) is 5.02 Å². The molecule has 0 bridgehead atoms. The van der Waals surface area contributed by atoms with E-state index in [0.29, 0.717) is 23.2 Å². The smallest absolute Gasteiger partial charge is 0.129 e. The highest BCUT2D eigenvalue weighted by atomic mass is 35.5. The molecule has 94 valence electrons. The minimum absolute atomic E-state index is 0.188. The van der Waals surface area contributed by atoms with E-state index in [4.69, 9.17) is 17.3 Å². The fraction of sp³-hybridized carbons (Fsp3) is 0.538. The van der Waals surface area contributed by atoms with Gasteiger partial charge in [-0.1, -0.05) is 30.5 Å². The summed E-state index contributed by atoms with van der Waals surface area (Å²) in [6, 6.07) is 5.01. The number of hydrogen-bond donors (Lipinski definition) is 2. The van der Waals surface area contributed by atoms with Crippen LogP contribution in [0, 0.1) is 5.82 Å². The summed E-state index contributed by atoms with van der Waals surface area (Å²) < 4.78 is 13.8. The van der Waals surface area contributed by atoms with Crippen molar-refractivity contribution in [2.75, 3.05) is 6.54 Å². The van der Waals surface area contributed by atoms with Gasteiger partial charge in [0.2, 0.25) is 0 Å². The molecule has 0 amide bonds. The number of nitrogens with one attached hydrogen (secondary N) is 1. The SMILES string of the molecule is NCC(NC1CCCC1)c1c(F)cccc1Cl. The zero-order chi connectivity index (χ0) is 12.3. The van der Waals surface area contributed by atoms with Crippen molar-refractivity contribution in [1.82, 2.24) is 5.32 Å². The summed E-state index contributed by atoms with van der Waals surface area (Å²) in [5.74, 6) is -0.279. The zero-order valence-electron chi connectivity index (χ0n) is 9.76. The molecule has 1 aliphatic rings. The molecule has 2 rings (SSSR count). The molecule has 1 saturated carbocycles. The van der Waals surface area contributed by atoms with Gasteiger partial charge < -0.3 is 11.1 Å². The van der Waals surface area contributed by atoms with Crippen LogP contribution >= 0.6 is 11.6 Å². The van der Waals surface area contributed by atoms with E-state index in [-0.39, 0.29) is 11.9 Å². The fourth-order valence-corrected chi connectivity index (χ4v) is 2.78. The van der Waals surface area contributed by atoms with E-state index in [2.05, 4.69) is 5.32 Å². The van der Waals surface area contributed by atoms with Gasteiger partial charge in [-0.05, 0) is 25.0 Å². The standard InChI is InChI=1S/C13H18ClFN2/c14-10-6-3-7-11(15)13(10)12(8-16)17-9-4-1-2-5-9/h3,6-7,9,12,17H,1-2,4-5,8,16H2. The minimum atomic E-state index is -0.279. The first-order valence-electron chi connectivity index (χ1n) is 6.12. The maximum atomic E-state index is 13.8. The van der Waals surface area contributed by atoms with Gasteiger partial charge in [-0.2, -0.15) is 0 Å². The number of rotatable bonds is 4. The molecule has 4 heteroatoms. The van der Waals surface area contributed by atoms with Gasteiger partial charge in [-0.25, -0.2) is 4.39 Å². The lowest BCUT2D eigenvalue weighted by atomic mass is 10.0. The summed E-state index contributed by atoms with van der Waals surface area (Å²) in [5.41, 5.74) is 6.24. The van der Waals surface area contributed by atoms with E-state index in [1.54, 1.807) is 12.1 Å². The third-order valence-electron chi connectivity index (χ3n) is 3.38. The van der Waals surface area contributed by atoms with Crippen molar-refractivity contribution in [2.45, 2.75) is 37.8 Å². The topological polar surface area (TPSA) is 38.0 Å². The van der Waals surface area contributed by atoms with E-state index in [1.807, 2.05) is 0 Å². The van der Waals surface area contributed by atoms with E-state index < -0.39 is 0 Å². The van der Waals surface area contributed by atoms with Gasteiger partial charge in [0.05, 0.1) is 0 Å². The molecule has 0 heterocycles. The van der Waals surface area contributed by atoms with Crippen LogP contribution in [-0.2, 0) is 0 Å². The molecule has 1 unspecified atom stereocenters. The Morgan fingerprint density at radius 2 is 2.12 bits per heavy atom. The highest BCUT2D eigenvalue weighted by Gasteiger charge is 2.22. The predicted octanol–water partition coefficient (Wildman–Crippen LogP) is 3.01. The molecular formula is C13H18ClFN2. The number of benzene rings is 1. The van der Waals surface area contributed by atoms with Crippen molar-refractivity contribution < 1.29 is 4.39 Å². The summed E-state index contributed by atoms with van der Waals surface area (Å²) in [6.07, 6.45) is 4.76. The lowest BCUT2D eigenvalue weighted by molar-refractivity contribution is 0.431. The second kappa shape index (κ2) is 5.80. The molecular weight excluding hydrogens is 239 g/mol. The quantitative estimate of drug-likeness (QED) is 0.869. The maximum Gasteiger partial charge on any atom is 0.129 e. The molecule has 2 nitrogen and oxygen atoms in total. The van der Waals surface area contributed by atoms with Crippen molar-refractivity contribution >= 4 is 11.6 Å². The molecule has 1 fully saturated rings. The average molecular weight is 257 g/mol. The van der Waals surface area contributed by atoms with Gasteiger partial charge in [0.15, 0.2) is 0 Å². The number of nitrogens with two attached hydrogens (primary N) is 1. The first-order chi connectivity index (χ1) is 8.22. The van der Waals surface area contributed by atoms with E-state index >= 15 is 0 Å². The highest BCUT2D eigenvalue weighted by Crippen LogP contribution is 2.28. The second-order valence-electron chi connectivity index (χ2n) is 4.57. The van der Waals surface area contributed by atoms with Crippen LogP contribution in [0.1, 0.15) is 37.3 Å². The fourth-order valence-electron chi connectivity index (χ4n) is 2.49. The van der Waals surface area contributed by atoms with E-state index in [1.165, 1.54) is 18.9 Å². The largest absolute Gasteiger partial charge is 0.329 e. The normalized spacial score (nSPS) is 18.5. The first-order valence-corrected chi connectivity index (χ1v) is 6.50. The molecule has 0 spiro atoms. The zero-order valence-corrected chi connectivity index (χ0v) is 10.5. The first kappa shape index (κ1) is 12.8. The minimum Gasteiger partial charge on any atom is -0.329 e. The molecule has 0 aromatic heterocycles. The third-order valence-corrected chi connectivity index (χ3v) is 3.71. The molecule has 1 aliphatic carbocycles. The van der Waals surface area contributed by atoms with Crippen LogP contribution in [0.4, 0.5) is 4.39 Å². The Bertz CT molecular complexity index is 357. The number of hydrogen-bond acceptors (Lipinski definition) is 2. The molecule has 1 atom stereocenters. The Morgan fingerprint density at radius 3 is 2.71 bits per heavy atom. The lowest BCUT2D eigenvalue weighted by Gasteiger charge is -2.23. The van der Waals surface area contributed by atoms with Crippen molar-refractivity contribution in [3.05, 3.63) is 34.6 Å². The second-order valence-corrected chi connectivity index (χ2v) is 4.98. The predicted molar refractivity (Wildman–Crippen MR) is 68.6 cm³/mol. The van der Waals surface area contributed by atoms with Crippen molar-refractivity contribution in [1.29, 1.82) is 0 Å². The summed E-state index contributed by atoms with van der Waals surface area (Å²) in [7, 11) is 0. The van der Waals surface area contributed by atoms with Crippen LogP contribution < -0.4 is 11.1 Å². The summed E-state index contributed by atoms with van der Waals surface area (Å²) in [5, 5.41) is 3.86. The molecule has 1 aromatic carbocycles. The van der Waals surface area contributed by atoms with Gasteiger partial charge in [-0.3, -0.25) is 0 Å². The van der Waals surface area contributed by atoms with Gasteiger partial charge in [0.1, 0.15) is 5.82 Å². The van der Waals surface area contributed by atoms with Gasteiger partial charge >= 0.3 is 0 Å². The molecule has 17 heavy (non-hydrogen) atoms. The number of halogens is 2. The van der Waals surface area contributed by atoms with Gasteiger partial charge in [-0.15, -0.1) is 0 Å². The Labute approximate surface area is 106 Å². The monoisotopic (exact) mass is 256 g/mol. The lowest BCUT2D eigenvalue weighted by Crippen LogP contribution is -2.35. The maximum absolute atomic E-state index is 13.8. The van der Waals surface area contributed by atoms with Crippen molar-refractivity contribution in [3.63, 3.8) is 0 Å². The molecule has 0 aliphatic heterocycles. The molecule has 3 N–H and O–H groups in total. The third kappa shape index (κ3) is 2.97. The van der Waals surface area contributed by atoms with Crippen molar-refractivity contribution in [3.8, 4) is 0 Å². The van der Waals surface area contributed by atoms with E-state index in [0.717, 1.165) is 12.8 Å². The van der Waals surface area contributed by atoms with Crippen molar-refractivity contribution in [2.24, 2.45) is 5.73 Å². The van der Waals surface area contributed by atoms with Crippen LogP contribution in [0.5, 0.6) is 0 Å². The molecule has 0 radical (unpaired) electrons. The average Bonchev–Trinajstić information content (AvgIpc) is 2.80. The van der Waals surface area contributed by atoms with Crippen LogP contribution in [-0.4, -0.2) is 12.6 Å². The van der Waals surface area contributed by atoms with Crippen LogP contribution in [0.15, 0.2) is 18.2 Å². The summed E-state index contributed by atoms with van der Waals surface area (Å²) in [6.45, 7) is 0.358. The Balaban J connectivity index is 2.16. The highest BCUT2D eigenvalue weighted by molar-refractivity contribution is 6.31. The Morgan fingerprint density at radius 1 is 1.41 bits per heavy atom. The van der Waals surface area contributed by atoms with Gasteiger partial charge in [0, 0.05) is 29.2 Å².